The molecule has 0 spiro atoms. The van der Waals surface area contributed by atoms with Crippen LogP contribution in [0.1, 0.15) is 0 Å². The molecule has 0 unspecified atom stereocenters. The van der Waals surface area contributed by atoms with E-state index in [0.717, 1.165) is 9.86 Å². The Kier molecular flexibility index (Phi) is 5.12. The number of rotatable bonds is 5. The molecule has 0 saturated heterocycles. The predicted octanol–water partition coefficient (Wildman–Crippen LogP) is 2.42. The van der Waals surface area contributed by atoms with Crippen LogP contribution in [0.3, 0.4) is 0 Å². The predicted molar refractivity (Wildman–Crippen MR) is 94.8 cm³/mol. The smallest absolute Gasteiger partial charge is 0.320 e. The van der Waals surface area contributed by atoms with Crippen LogP contribution in [0.5, 0.6) is 0 Å². The summed E-state index contributed by atoms with van der Waals surface area (Å²) in [5, 5.41) is 9.36. The molecule has 3 aromatic heterocycles. The summed E-state index contributed by atoms with van der Waals surface area (Å²) >= 11 is 3.38. The topological polar surface area (TPSA) is 105 Å². The third kappa shape index (κ3) is 4.13. The third-order valence-corrected chi connectivity index (χ3v) is 3.50. The average Bonchev–Trinajstić information content (AvgIpc) is 2.60. The van der Waals surface area contributed by atoms with Gasteiger partial charge in [-0.05, 0) is 34.1 Å². The zero-order valence-corrected chi connectivity index (χ0v) is 14.1. The number of anilines is 2. The number of hydrogen-bond donors (Lipinski definition) is 3. The van der Waals surface area contributed by atoms with Crippen LogP contribution in [0.2, 0.25) is 0 Å². The summed E-state index contributed by atoms with van der Waals surface area (Å²) in [5.41, 5.74) is 0.608. The van der Waals surface area contributed by atoms with Crippen LogP contribution < -0.4 is 16.0 Å². The molecule has 0 bridgehead atoms. The fraction of sp³-hybridized carbons (Fsp3) is 0.133. The average molecular weight is 388 g/mol. The number of aromatic nitrogens is 4. The van der Waals surface area contributed by atoms with E-state index in [1.807, 2.05) is 6.07 Å². The highest BCUT2D eigenvalue weighted by atomic mass is 79.9. The van der Waals surface area contributed by atoms with Gasteiger partial charge in [-0.3, -0.25) is 5.32 Å². The van der Waals surface area contributed by atoms with Gasteiger partial charge in [0, 0.05) is 30.0 Å². The first kappa shape index (κ1) is 16.1. The maximum absolute atomic E-state index is 11.7. The van der Waals surface area contributed by atoms with Gasteiger partial charge in [-0.1, -0.05) is 6.07 Å². The number of halogens is 1. The lowest BCUT2D eigenvalue weighted by Crippen LogP contribution is -2.33. The molecule has 122 valence electrons. The van der Waals surface area contributed by atoms with Gasteiger partial charge in [0.1, 0.15) is 18.0 Å². The van der Waals surface area contributed by atoms with Crippen LogP contribution in [0, 0.1) is 0 Å². The molecule has 0 radical (unpaired) electrons. The molecule has 0 atom stereocenters. The summed E-state index contributed by atoms with van der Waals surface area (Å²) in [6.45, 7) is 0.930. The van der Waals surface area contributed by atoms with Crippen molar-refractivity contribution in [3.8, 4) is 0 Å². The van der Waals surface area contributed by atoms with Crippen LogP contribution in [-0.4, -0.2) is 39.1 Å². The quantitative estimate of drug-likeness (QED) is 0.580. The Bertz CT molecular complexity index is 844. The summed E-state index contributed by atoms with van der Waals surface area (Å²) in [7, 11) is 0. The van der Waals surface area contributed by atoms with Crippen LogP contribution >= 0.6 is 15.9 Å². The molecule has 24 heavy (non-hydrogen) atoms. The molecule has 0 aliphatic heterocycles. The minimum Gasteiger partial charge on any atom is -0.368 e. The lowest BCUT2D eigenvalue weighted by molar-refractivity contribution is 0.252. The molecular formula is C15H14BrN7O. The number of carbonyl (C=O) groups is 1. The number of nitrogens with zero attached hydrogens (tertiary/aromatic N) is 4. The second-order valence-corrected chi connectivity index (χ2v) is 5.69. The molecule has 3 heterocycles. The first-order valence-electron chi connectivity index (χ1n) is 7.18. The van der Waals surface area contributed by atoms with E-state index < -0.39 is 0 Å². The lowest BCUT2D eigenvalue weighted by atomic mass is 10.3. The van der Waals surface area contributed by atoms with Gasteiger partial charge in [-0.15, -0.1) is 0 Å². The normalized spacial score (nSPS) is 10.4. The number of amides is 2. The highest BCUT2D eigenvalue weighted by molar-refractivity contribution is 9.10. The Hall–Kier alpha value is -2.81. The largest absolute Gasteiger partial charge is 0.368 e. The Morgan fingerprint density at radius 2 is 2.04 bits per heavy atom. The van der Waals surface area contributed by atoms with Crippen molar-refractivity contribution in [2.24, 2.45) is 0 Å². The van der Waals surface area contributed by atoms with E-state index in [0.29, 0.717) is 30.4 Å². The van der Waals surface area contributed by atoms with E-state index in [2.05, 4.69) is 51.8 Å². The molecule has 2 amide bonds. The number of fused-ring (bicyclic) bond motifs is 1. The van der Waals surface area contributed by atoms with Crippen LogP contribution in [0.15, 0.2) is 47.5 Å². The van der Waals surface area contributed by atoms with Gasteiger partial charge in [0.25, 0.3) is 0 Å². The van der Waals surface area contributed by atoms with Crippen molar-refractivity contribution < 1.29 is 4.79 Å². The van der Waals surface area contributed by atoms with E-state index in [4.69, 9.17) is 0 Å². The Labute approximate surface area is 146 Å². The fourth-order valence-corrected chi connectivity index (χ4v) is 2.35. The van der Waals surface area contributed by atoms with E-state index in [1.54, 1.807) is 30.6 Å². The molecule has 9 heteroatoms. The van der Waals surface area contributed by atoms with Gasteiger partial charge < -0.3 is 10.6 Å². The van der Waals surface area contributed by atoms with Gasteiger partial charge in [-0.25, -0.2) is 24.7 Å². The number of urea groups is 1. The standard InChI is InChI=1S/C15H14BrN7O/c16-10-7-11-13(21-9-22-14(11)20-8-10)18-5-6-19-15(24)23-12-3-1-2-4-17-12/h1-4,7-9H,5-6H2,(H2,17,19,23,24)(H,18,20,21,22). The molecule has 0 aliphatic carbocycles. The highest BCUT2D eigenvalue weighted by Crippen LogP contribution is 2.20. The molecule has 3 rings (SSSR count). The summed E-state index contributed by atoms with van der Waals surface area (Å²) < 4.78 is 0.848. The first-order valence-corrected chi connectivity index (χ1v) is 7.98. The van der Waals surface area contributed by atoms with Gasteiger partial charge in [0.15, 0.2) is 5.65 Å². The Morgan fingerprint density at radius 3 is 2.88 bits per heavy atom. The van der Waals surface area contributed by atoms with Crippen LogP contribution in [-0.2, 0) is 0 Å². The molecular weight excluding hydrogens is 374 g/mol. The minimum absolute atomic E-state index is 0.313. The van der Waals surface area contributed by atoms with Crippen molar-refractivity contribution in [2.75, 3.05) is 23.7 Å². The SMILES string of the molecule is O=C(NCCNc1ncnc2ncc(Br)cc12)Nc1ccccn1. The highest BCUT2D eigenvalue weighted by Gasteiger charge is 2.05. The number of pyridine rings is 2. The van der Waals surface area contributed by atoms with E-state index in [-0.39, 0.29) is 6.03 Å². The maximum Gasteiger partial charge on any atom is 0.320 e. The van der Waals surface area contributed by atoms with Crippen LogP contribution in [0.4, 0.5) is 16.4 Å². The van der Waals surface area contributed by atoms with Crippen molar-refractivity contribution in [2.45, 2.75) is 0 Å². The van der Waals surface area contributed by atoms with Crippen molar-refractivity contribution in [1.29, 1.82) is 0 Å². The molecule has 8 nitrogen and oxygen atoms in total. The fourth-order valence-electron chi connectivity index (χ4n) is 2.02. The second kappa shape index (κ2) is 7.64. The van der Waals surface area contributed by atoms with Crippen molar-refractivity contribution in [3.05, 3.63) is 47.5 Å². The first-order chi connectivity index (χ1) is 11.7. The summed E-state index contributed by atoms with van der Waals surface area (Å²) in [6, 6.07) is 6.89. The van der Waals surface area contributed by atoms with Crippen molar-refractivity contribution in [3.63, 3.8) is 0 Å². The molecule has 3 aromatic rings. The number of nitrogens with one attached hydrogen (secondary N) is 3. The summed E-state index contributed by atoms with van der Waals surface area (Å²) in [6.07, 6.45) is 4.75. The molecule has 3 N–H and O–H groups in total. The summed E-state index contributed by atoms with van der Waals surface area (Å²) in [5.74, 6) is 1.17. The monoisotopic (exact) mass is 387 g/mol. The molecule has 0 aromatic carbocycles. The maximum atomic E-state index is 11.7. The Balaban J connectivity index is 1.52. The lowest BCUT2D eigenvalue weighted by Gasteiger charge is -2.09. The molecule has 0 fully saturated rings. The van der Waals surface area contributed by atoms with E-state index in [9.17, 15) is 4.79 Å². The number of hydrogen-bond acceptors (Lipinski definition) is 6. The minimum atomic E-state index is -0.313. The Morgan fingerprint density at radius 1 is 1.12 bits per heavy atom. The molecule has 0 saturated carbocycles. The van der Waals surface area contributed by atoms with E-state index in [1.165, 1.54) is 6.33 Å². The van der Waals surface area contributed by atoms with Crippen LogP contribution in [0.25, 0.3) is 11.0 Å². The van der Waals surface area contributed by atoms with Gasteiger partial charge >= 0.3 is 6.03 Å². The van der Waals surface area contributed by atoms with Gasteiger partial charge in [0.2, 0.25) is 0 Å². The van der Waals surface area contributed by atoms with Gasteiger partial charge in [-0.2, -0.15) is 0 Å². The second-order valence-electron chi connectivity index (χ2n) is 4.77. The van der Waals surface area contributed by atoms with Gasteiger partial charge in [0.05, 0.1) is 5.39 Å². The summed E-state index contributed by atoms with van der Waals surface area (Å²) in [4.78, 5) is 28.3. The van der Waals surface area contributed by atoms with E-state index >= 15 is 0 Å². The zero-order chi connectivity index (χ0) is 16.8. The number of carbonyl (C=O) groups excluding carboxylic acids is 1. The molecule has 0 aliphatic rings. The zero-order valence-electron chi connectivity index (χ0n) is 12.5. The van der Waals surface area contributed by atoms with Crippen molar-refractivity contribution >= 4 is 44.6 Å². The third-order valence-electron chi connectivity index (χ3n) is 3.06. The van der Waals surface area contributed by atoms with Crippen molar-refractivity contribution in [1.82, 2.24) is 25.3 Å².